The molecular weight excluding hydrogens is 366 g/mol. The van der Waals surface area contributed by atoms with Crippen LogP contribution in [0.4, 0.5) is 5.69 Å². The lowest BCUT2D eigenvalue weighted by Gasteiger charge is -2.34. The molecule has 1 aliphatic rings. The van der Waals surface area contributed by atoms with E-state index in [2.05, 4.69) is 12.2 Å². The van der Waals surface area contributed by atoms with E-state index < -0.39 is 5.60 Å². The van der Waals surface area contributed by atoms with Crippen molar-refractivity contribution in [2.75, 3.05) is 5.32 Å². The number of nitrogens with one attached hydrogen (secondary N) is 1. The quantitative estimate of drug-likeness (QED) is 0.620. The van der Waals surface area contributed by atoms with E-state index in [-0.39, 0.29) is 17.5 Å². The summed E-state index contributed by atoms with van der Waals surface area (Å²) < 4.78 is 12.0. The Morgan fingerprint density at radius 3 is 2.72 bits per heavy atom. The number of anilines is 1. The second-order valence-electron chi connectivity index (χ2n) is 7.88. The van der Waals surface area contributed by atoms with Gasteiger partial charge in [0.2, 0.25) is 0 Å². The second-order valence-corrected chi connectivity index (χ2v) is 7.88. The van der Waals surface area contributed by atoms with E-state index >= 15 is 0 Å². The number of furan rings is 1. The van der Waals surface area contributed by atoms with Crippen molar-refractivity contribution >= 4 is 28.3 Å². The van der Waals surface area contributed by atoms with E-state index in [1.807, 2.05) is 45.0 Å². The van der Waals surface area contributed by atoms with E-state index in [1.54, 1.807) is 12.1 Å². The summed E-state index contributed by atoms with van der Waals surface area (Å²) in [7, 11) is 0. The number of aryl methyl sites for hydroxylation is 2. The molecule has 0 saturated heterocycles. The molecule has 5 nitrogen and oxygen atoms in total. The smallest absolute Gasteiger partial charge is 0.291 e. The zero-order chi connectivity index (χ0) is 20.8. The summed E-state index contributed by atoms with van der Waals surface area (Å²) in [5.41, 5.74) is 3.04. The van der Waals surface area contributed by atoms with Crippen molar-refractivity contribution in [3.05, 3.63) is 58.8 Å². The van der Waals surface area contributed by atoms with Gasteiger partial charge in [0.05, 0.1) is 12.0 Å². The average molecular weight is 391 g/mol. The highest BCUT2D eigenvalue weighted by molar-refractivity contribution is 6.14. The molecule has 0 bridgehead atoms. The molecule has 1 aromatic heterocycles. The lowest BCUT2D eigenvalue weighted by Crippen LogP contribution is -2.38. The summed E-state index contributed by atoms with van der Waals surface area (Å²) in [6.07, 6.45) is 1.94. The van der Waals surface area contributed by atoms with E-state index in [4.69, 9.17) is 9.15 Å². The van der Waals surface area contributed by atoms with Crippen LogP contribution in [0.25, 0.3) is 11.0 Å². The van der Waals surface area contributed by atoms with Gasteiger partial charge in [0.25, 0.3) is 5.91 Å². The largest absolute Gasteiger partial charge is 0.486 e. The van der Waals surface area contributed by atoms with E-state index in [1.165, 1.54) is 0 Å². The van der Waals surface area contributed by atoms with E-state index in [9.17, 15) is 9.59 Å². The lowest BCUT2D eigenvalue weighted by atomic mass is 9.87. The molecule has 0 radical (unpaired) electrons. The van der Waals surface area contributed by atoms with Crippen LogP contribution >= 0.6 is 0 Å². The first kappa shape index (κ1) is 19.2. The van der Waals surface area contributed by atoms with Crippen LogP contribution in [0.1, 0.15) is 65.7 Å². The Kier molecular flexibility index (Phi) is 4.69. The Morgan fingerprint density at radius 2 is 2.00 bits per heavy atom. The molecule has 1 N–H and O–H groups in total. The van der Waals surface area contributed by atoms with Crippen molar-refractivity contribution in [1.29, 1.82) is 0 Å². The van der Waals surface area contributed by atoms with Gasteiger partial charge in [-0.2, -0.15) is 0 Å². The molecule has 1 amide bonds. The van der Waals surface area contributed by atoms with Gasteiger partial charge in [-0.25, -0.2) is 0 Å². The first-order valence-electron chi connectivity index (χ1n) is 10.0. The topological polar surface area (TPSA) is 68.5 Å². The van der Waals surface area contributed by atoms with Gasteiger partial charge in [-0.15, -0.1) is 0 Å². The van der Waals surface area contributed by atoms with Gasteiger partial charge in [-0.1, -0.05) is 26.0 Å². The maximum Gasteiger partial charge on any atom is 0.291 e. The number of carbonyl (C=O) groups is 2. The molecule has 2 aromatic carbocycles. The molecule has 150 valence electrons. The van der Waals surface area contributed by atoms with Gasteiger partial charge in [-0.05, 0) is 56.5 Å². The normalized spacial score (nSPS) is 18.4. The third-order valence-corrected chi connectivity index (χ3v) is 5.77. The van der Waals surface area contributed by atoms with E-state index in [0.29, 0.717) is 40.0 Å². The summed E-state index contributed by atoms with van der Waals surface area (Å²) in [5.74, 6) is 0.465. The van der Waals surface area contributed by atoms with Crippen LogP contribution < -0.4 is 10.1 Å². The highest BCUT2D eigenvalue weighted by Crippen LogP contribution is 2.41. The molecule has 0 aliphatic carbocycles. The molecule has 1 aliphatic heterocycles. The molecule has 3 aromatic rings. The fourth-order valence-electron chi connectivity index (χ4n) is 3.88. The van der Waals surface area contributed by atoms with E-state index in [0.717, 1.165) is 18.4 Å². The molecule has 5 heteroatoms. The number of ether oxygens (including phenoxy) is 1. The standard InChI is InChI=1S/C24H25NO4/c1-5-15-8-7-9-16(12-15)25-23(27)22-14(3)20-18(28-22)10-11-19-21(20)17(26)13-24(4,6-2)29-19/h7-12H,5-6,13H2,1-4H3,(H,25,27). The zero-order valence-corrected chi connectivity index (χ0v) is 17.2. The summed E-state index contributed by atoms with van der Waals surface area (Å²) in [5, 5.41) is 3.56. The van der Waals surface area contributed by atoms with Crippen LogP contribution in [-0.4, -0.2) is 17.3 Å². The van der Waals surface area contributed by atoms with Crippen LogP contribution in [0.15, 0.2) is 40.8 Å². The maximum atomic E-state index is 12.9. The first-order chi connectivity index (χ1) is 13.8. The minimum absolute atomic E-state index is 0.0210. The molecule has 2 heterocycles. The van der Waals surface area contributed by atoms with Crippen molar-refractivity contribution in [2.45, 2.75) is 52.6 Å². The van der Waals surface area contributed by atoms with Crippen molar-refractivity contribution in [3.63, 3.8) is 0 Å². The van der Waals surface area contributed by atoms with Crippen LogP contribution in [-0.2, 0) is 6.42 Å². The Hall–Kier alpha value is -3.08. The summed E-state index contributed by atoms with van der Waals surface area (Å²) in [6.45, 7) is 7.83. The molecular formula is C24H25NO4. The lowest BCUT2D eigenvalue weighted by molar-refractivity contribution is 0.0503. The van der Waals surface area contributed by atoms with Gasteiger partial charge in [0, 0.05) is 16.6 Å². The van der Waals surface area contributed by atoms with Crippen molar-refractivity contribution in [2.24, 2.45) is 0 Å². The Labute approximate surface area is 170 Å². The van der Waals surface area contributed by atoms with Crippen LogP contribution in [0.5, 0.6) is 5.75 Å². The number of benzene rings is 2. The number of ketones is 1. The van der Waals surface area contributed by atoms with Crippen LogP contribution in [0, 0.1) is 6.92 Å². The van der Waals surface area contributed by atoms with Gasteiger partial charge >= 0.3 is 0 Å². The highest BCUT2D eigenvalue weighted by Gasteiger charge is 2.37. The average Bonchev–Trinajstić information content (AvgIpc) is 3.04. The third-order valence-electron chi connectivity index (χ3n) is 5.77. The SMILES string of the molecule is CCc1cccc(NC(=O)c2oc3ccc4c(c3c2C)C(=O)CC(C)(CC)O4)c1. The molecule has 4 rings (SSSR count). The minimum atomic E-state index is -0.500. The molecule has 1 atom stereocenters. The summed E-state index contributed by atoms with van der Waals surface area (Å²) in [4.78, 5) is 25.8. The van der Waals surface area contributed by atoms with Crippen LogP contribution in [0.2, 0.25) is 0 Å². The number of carbonyl (C=O) groups excluding carboxylic acids is 2. The van der Waals surface area contributed by atoms with Gasteiger partial charge < -0.3 is 14.5 Å². The van der Waals surface area contributed by atoms with Crippen molar-refractivity contribution in [1.82, 2.24) is 0 Å². The number of amides is 1. The number of hydrogen-bond acceptors (Lipinski definition) is 4. The van der Waals surface area contributed by atoms with Gasteiger partial charge in [0.15, 0.2) is 11.5 Å². The molecule has 29 heavy (non-hydrogen) atoms. The maximum absolute atomic E-state index is 12.9. The molecule has 0 fully saturated rings. The predicted octanol–water partition coefficient (Wildman–Crippen LogP) is 5.69. The summed E-state index contributed by atoms with van der Waals surface area (Å²) in [6, 6.07) is 11.3. The Morgan fingerprint density at radius 1 is 1.21 bits per heavy atom. The fourth-order valence-corrected chi connectivity index (χ4v) is 3.88. The molecule has 0 saturated carbocycles. The minimum Gasteiger partial charge on any atom is -0.486 e. The Bertz CT molecular complexity index is 1130. The van der Waals surface area contributed by atoms with Crippen molar-refractivity contribution < 1.29 is 18.7 Å². The third kappa shape index (κ3) is 3.31. The highest BCUT2D eigenvalue weighted by atomic mass is 16.5. The number of Topliss-reactive ketones (excluding diaryl/α,β-unsaturated/α-hetero) is 1. The second kappa shape index (κ2) is 7.07. The van der Waals surface area contributed by atoms with Crippen LogP contribution in [0.3, 0.4) is 0 Å². The predicted molar refractivity (Wildman–Crippen MR) is 113 cm³/mol. The number of rotatable bonds is 4. The number of fused-ring (bicyclic) bond motifs is 3. The molecule has 1 unspecified atom stereocenters. The molecule has 0 spiro atoms. The van der Waals surface area contributed by atoms with Crippen molar-refractivity contribution in [3.8, 4) is 5.75 Å². The Balaban J connectivity index is 1.74. The monoisotopic (exact) mass is 391 g/mol. The zero-order valence-electron chi connectivity index (χ0n) is 17.2. The first-order valence-corrected chi connectivity index (χ1v) is 10.0. The van der Waals surface area contributed by atoms with Gasteiger partial charge in [-0.3, -0.25) is 9.59 Å². The fraction of sp³-hybridized carbons (Fsp3) is 0.333. The summed E-state index contributed by atoms with van der Waals surface area (Å²) >= 11 is 0. The number of hydrogen-bond donors (Lipinski definition) is 1. The van der Waals surface area contributed by atoms with Gasteiger partial charge in [0.1, 0.15) is 16.9 Å².